The highest BCUT2D eigenvalue weighted by Gasteiger charge is 2.26. The van der Waals surface area contributed by atoms with Gasteiger partial charge in [-0.1, -0.05) is 12.1 Å². The molecule has 0 heterocycles. The van der Waals surface area contributed by atoms with Crippen LogP contribution in [0.2, 0.25) is 0 Å². The molecule has 0 aromatic rings. The molecule has 0 aromatic heterocycles. The van der Waals surface area contributed by atoms with Crippen molar-refractivity contribution in [1.29, 1.82) is 0 Å². The van der Waals surface area contributed by atoms with E-state index in [0.29, 0.717) is 6.61 Å². The van der Waals surface area contributed by atoms with Crippen molar-refractivity contribution in [3.8, 4) is 0 Å². The molecule has 0 saturated heterocycles. The topological polar surface area (TPSA) is 21.6 Å². The van der Waals surface area contributed by atoms with Gasteiger partial charge in [-0.3, -0.25) is 0 Å². The second-order valence-electron chi connectivity index (χ2n) is 2.63. The molecule has 0 atom stereocenters. The third-order valence-corrected chi connectivity index (χ3v) is 1.72. The molecule has 0 N–H and O–H groups in total. The van der Waals surface area contributed by atoms with Crippen molar-refractivity contribution in [3.63, 3.8) is 0 Å². The number of hydrogen-bond donors (Lipinski definition) is 0. The summed E-state index contributed by atoms with van der Waals surface area (Å²) in [6.07, 6.45) is 3.68. The number of nitrogens with zero attached hydrogens (tertiary/aromatic N) is 1. The summed E-state index contributed by atoms with van der Waals surface area (Å²) >= 11 is 0. The molecule has 2 heteroatoms. The Morgan fingerprint density at radius 2 is 2.20 bits per heavy atom. The molecule has 0 aromatic carbocycles. The van der Waals surface area contributed by atoms with Gasteiger partial charge in [-0.15, -0.1) is 0 Å². The van der Waals surface area contributed by atoms with Gasteiger partial charge in [-0.25, -0.2) is 0 Å². The van der Waals surface area contributed by atoms with E-state index in [1.54, 1.807) is 0 Å². The minimum atomic E-state index is 0.691. The van der Waals surface area contributed by atoms with Crippen LogP contribution in [0, 0.1) is 5.92 Å². The van der Waals surface area contributed by atoms with E-state index in [1.165, 1.54) is 18.6 Å². The molecule has 2 nitrogen and oxygen atoms in total. The normalized spacial score (nSPS) is 19.2. The van der Waals surface area contributed by atoms with Gasteiger partial charge in [0.1, 0.15) is 6.61 Å². The Labute approximate surface area is 62.3 Å². The van der Waals surface area contributed by atoms with Gasteiger partial charge in [0.05, 0.1) is 5.71 Å². The van der Waals surface area contributed by atoms with Crippen molar-refractivity contribution in [2.75, 3.05) is 6.61 Å². The SMILES string of the molecule is CCO/N=C(\CC)C1CC1. The molecule has 1 fully saturated rings. The van der Waals surface area contributed by atoms with E-state index in [9.17, 15) is 0 Å². The summed E-state index contributed by atoms with van der Waals surface area (Å²) in [4.78, 5) is 4.98. The molecule has 1 aliphatic rings. The van der Waals surface area contributed by atoms with E-state index >= 15 is 0 Å². The van der Waals surface area contributed by atoms with Crippen LogP contribution in [0.4, 0.5) is 0 Å². The summed E-state index contributed by atoms with van der Waals surface area (Å²) in [6, 6.07) is 0. The van der Waals surface area contributed by atoms with Crippen LogP contribution in [0.1, 0.15) is 33.1 Å². The minimum absolute atomic E-state index is 0.691. The molecule has 0 spiro atoms. The number of rotatable bonds is 4. The van der Waals surface area contributed by atoms with Crippen LogP contribution in [0.3, 0.4) is 0 Å². The van der Waals surface area contributed by atoms with E-state index < -0.39 is 0 Å². The molecule has 0 amide bonds. The van der Waals surface area contributed by atoms with Crippen LogP contribution < -0.4 is 0 Å². The largest absolute Gasteiger partial charge is 0.396 e. The molecule has 10 heavy (non-hydrogen) atoms. The lowest BCUT2D eigenvalue weighted by atomic mass is 10.2. The fourth-order valence-corrected chi connectivity index (χ4v) is 0.992. The molecule has 1 rings (SSSR count). The average Bonchev–Trinajstić information content (AvgIpc) is 2.73. The standard InChI is InChI=1S/C8H15NO/c1-3-8(7-5-6-7)9-10-4-2/h7H,3-6H2,1-2H3/b9-8+. The zero-order valence-electron chi connectivity index (χ0n) is 6.76. The lowest BCUT2D eigenvalue weighted by Crippen LogP contribution is -1.99. The van der Waals surface area contributed by atoms with Crippen LogP contribution >= 0.6 is 0 Å². The first-order valence-corrected chi connectivity index (χ1v) is 4.07. The molecule has 0 aliphatic heterocycles. The Bertz CT molecular complexity index is 127. The molecular formula is C8H15NO. The first-order valence-electron chi connectivity index (χ1n) is 4.07. The fourth-order valence-electron chi connectivity index (χ4n) is 0.992. The fraction of sp³-hybridized carbons (Fsp3) is 0.875. The highest BCUT2D eigenvalue weighted by atomic mass is 16.6. The summed E-state index contributed by atoms with van der Waals surface area (Å²) in [5.74, 6) is 0.761. The second-order valence-corrected chi connectivity index (χ2v) is 2.63. The van der Waals surface area contributed by atoms with E-state index in [-0.39, 0.29) is 0 Å². The summed E-state index contributed by atoms with van der Waals surface area (Å²) < 4.78 is 0. The zero-order valence-corrected chi connectivity index (χ0v) is 6.76. The Hall–Kier alpha value is -0.530. The summed E-state index contributed by atoms with van der Waals surface area (Å²) in [5, 5.41) is 4.04. The number of hydrogen-bond acceptors (Lipinski definition) is 2. The highest BCUT2D eigenvalue weighted by molar-refractivity contribution is 5.87. The van der Waals surface area contributed by atoms with Gasteiger partial charge in [0.25, 0.3) is 0 Å². The molecule has 0 radical (unpaired) electrons. The van der Waals surface area contributed by atoms with Gasteiger partial charge in [-0.2, -0.15) is 0 Å². The third-order valence-electron chi connectivity index (χ3n) is 1.72. The van der Waals surface area contributed by atoms with Crippen LogP contribution in [0.15, 0.2) is 5.16 Å². The van der Waals surface area contributed by atoms with E-state index in [2.05, 4.69) is 12.1 Å². The Balaban J connectivity index is 2.30. The van der Waals surface area contributed by atoms with Crippen LogP contribution in [-0.2, 0) is 4.84 Å². The molecule has 0 unspecified atom stereocenters. The molecule has 58 valence electrons. The lowest BCUT2D eigenvalue weighted by molar-refractivity contribution is 0.157. The van der Waals surface area contributed by atoms with Crippen molar-refractivity contribution in [3.05, 3.63) is 0 Å². The van der Waals surface area contributed by atoms with Crippen molar-refractivity contribution in [2.45, 2.75) is 33.1 Å². The second kappa shape index (κ2) is 3.59. The lowest BCUT2D eigenvalue weighted by Gasteiger charge is -1.98. The van der Waals surface area contributed by atoms with Gasteiger partial charge in [0.2, 0.25) is 0 Å². The maximum atomic E-state index is 4.98. The van der Waals surface area contributed by atoms with Crippen LogP contribution in [0.5, 0.6) is 0 Å². The predicted octanol–water partition coefficient (Wildman–Crippen LogP) is 2.20. The Morgan fingerprint density at radius 1 is 1.50 bits per heavy atom. The zero-order chi connectivity index (χ0) is 7.40. The summed E-state index contributed by atoms with van der Waals surface area (Å²) in [7, 11) is 0. The van der Waals surface area contributed by atoms with E-state index in [4.69, 9.17) is 4.84 Å². The minimum Gasteiger partial charge on any atom is -0.396 e. The van der Waals surface area contributed by atoms with Gasteiger partial charge in [0, 0.05) is 5.92 Å². The summed E-state index contributed by atoms with van der Waals surface area (Å²) in [6.45, 7) is 4.79. The molecule has 1 aliphatic carbocycles. The van der Waals surface area contributed by atoms with Gasteiger partial charge < -0.3 is 4.84 Å². The summed E-state index contributed by atoms with van der Waals surface area (Å²) in [5.41, 5.74) is 1.25. The number of oxime groups is 1. The molecular weight excluding hydrogens is 126 g/mol. The van der Waals surface area contributed by atoms with Crippen molar-refractivity contribution in [1.82, 2.24) is 0 Å². The first-order chi connectivity index (χ1) is 4.88. The molecule has 0 bridgehead atoms. The van der Waals surface area contributed by atoms with Crippen LogP contribution in [0.25, 0.3) is 0 Å². The van der Waals surface area contributed by atoms with Crippen molar-refractivity contribution < 1.29 is 4.84 Å². The van der Waals surface area contributed by atoms with Crippen molar-refractivity contribution in [2.24, 2.45) is 11.1 Å². The monoisotopic (exact) mass is 141 g/mol. The quantitative estimate of drug-likeness (QED) is 0.434. The van der Waals surface area contributed by atoms with Crippen molar-refractivity contribution >= 4 is 5.71 Å². The molecule has 1 saturated carbocycles. The maximum Gasteiger partial charge on any atom is 0.114 e. The van der Waals surface area contributed by atoms with Gasteiger partial charge in [-0.05, 0) is 26.2 Å². The van der Waals surface area contributed by atoms with Gasteiger partial charge in [0.15, 0.2) is 0 Å². The van der Waals surface area contributed by atoms with E-state index in [0.717, 1.165) is 12.3 Å². The van der Waals surface area contributed by atoms with Gasteiger partial charge >= 0.3 is 0 Å². The predicted molar refractivity (Wildman–Crippen MR) is 42.1 cm³/mol. The Kier molecular flexibility index (Phi) is 2.72. The Morgan fingerprint density at radius 3 is 2.60 bits per heavy atom. The smallest absolute Gasteiger partial charge is 0.114 e. The first kappa shape index (κ1) is 7.58. The third kappa shape index (κ3) is 2.01. The maximum absolute atomic E-state index is 4.98. The van der Waals surface area contributed by atoms with E-state index in [1.807, 2.05) is 6.92 Å². The van der Waals surface area contributed by atoms with Crippen LogP contribution in [-0.4, -0.2) is 12.3 Å². The average molecular weight is 141 g/mol. The highest BCUT2D eigenvalue weighted by Crippen LogP contribution is 2.31.